The van der Waals surface area contributed by atoms with Crippen LogP contribution in [-0.2, 0) is 12.8 Å². The summed E-state index contributed by atoms with van der Waals surface area (Å²) in [5.74, 6) is 1.40. The van der Waals surface area contributed by atoms with Crippen molar-refractivity contribution in [3.05, 3.63) is 83.2 Å². The zero-order valence-corrected chi connectivity index (χ0v) is 17.4. The van der Waals surface area contributed by atoms with Gasteiger partial charge in [-0.2, -0.15) is 0 Å². The van der Waals surface area contributed by atoms with Gasteiger partial charge in [-0.25, -0.2) is 0 Å². The van der Waals surface area contributed by atoms with Crippen molar-refractivity contribution in [2.24, 2.45) is 0 Å². The van der Waals surface area contributed by atoms with E-state index in [4.69, 9.17) is 4.74 Å². The molecule has 0 atom stereocenters. The van der Waals surface area contributed by atoms with E-state index in [0.29, 0.717) is 5.56 Å². The first-order chi connectivity index (χ1) is 14.1. The number of hydrogen-bond acceptors (Lipinski definition) is 3. The standard InChI is InChI=1S/C25H28N2O2/c1-4-7-19-9-6-10-23(17-19)29-22-14-11-21(12-15-22)27-25(28)24-16-13-20(8-5-2)26-18(24)3/h6,9-17H,4-5,7-8H2,1-3H3,(H,27,28). The fourth-order valence-corrected chi connectivity index (χ4v) is 3.24. The zero-order valence-electron chi connectivity index (χ0n) is 17.4. The van der Waals surface area contributed by atoms with Crippen molar-refractivity contribution in [3.8, 4) is 11.5 Å². The van der Waals surface area contributed by atoms with E-state index in [1.807, 2.05) is 55.5 Å². The van der Waals surface area contributed by atoms with Gasteiger partial charge in [0.25, 0.3) is 5.91 Å². The predicted octanol–water partition coefficient (Wildman–Crippen LogP) is 6.34. The van der Waals surface area contributed by atoms with E-state index in [-0.39, 0.29) is 5.91 Å². The highest BCUT2D eigenvalue weighted by Crippen LogP contribution is 2.24. The molecule has 0 saturated carbocycles. The van der Waals surface area contributed by atoms with Gasteiger partial charge in [-0.3, -0.25) is 9.78 Å². The van der Waals surface area contributed by atoms with E-state index in [9.17, 15) is 4.79 Å². The molecule has 0 aliphatic rings. The maximum atomic E-state index is 12.6. The minimum absolute atomic E-state index is 0.154. The molecule has 0 spiro atoms. The topological polar surface area (TPSA) is 51.2 Å². The minimum Gasteiger partial charge on any atom is -0.457 e. The lowest BCUT2D eigenvalue weighted by atomic mass is 10.1. The van der Waals surface area contributed by atoms with E-state index < -0.39 is 0 Å². The Labute approximate surface area is 173 Å². The molecule has 0 unspecified atom stereocenters. The van der Waals surface area contributed by atoms with Crippen LogP contribution in [0.5, 0.6) is 11.5 Å². The van der Waals surface area contributed by atoms with Crippen molar-refractivity contribution >= 4 is 11.6 Å². The van der Waals surface area contributed by atoms with Crippen molar-refractivity contribution in [2.75, 3.05) is 5.32 Å². The molecule has 1 heterocycles. The smallest absolute Gasteiger partial charge is 0.257 e. The van der Waals surface area contributed by atoms with Crippen LogP contribution in [0.4, 0.5) is 5.69 Å². The van der Waals surface area contributed by atoms with Gasteiger partial charge >= 0.3 is 0 Å². The summed E-state index contributed by atoms with van der Waals surface area (Å²) in [6.45, 7) is 6.16. The highest BCUT2D eigenvalue weighted by atomic mass is 16.5. The van der Waals surface area contributed by atoms with Crippen molar-refractivity contribution in [1.29, 1.82) is 0 Å². The third-order valence-electron chi connectivity index (χ3n) is 4.68. The number of ether oxygens (including phenoxy) is 1. The van der Waals surface area contributed by atoms with Gasteiger partial charge in [0.05, 0.1) is 11.3 Å². The molecule has 0 aliphatic heterocycles. The second-order valence-corrected chi connectivity index (χ2v) is 7.16. The van der Waals surface area contributed by atoms with Gasteiger partial charge in [-0.1, -0.05) is 38.8 Å². The summed E-state index contributed by atoms with van der Waals surface area (Å²) < 4.78 is 5.94. The van der Waals surface area contributed by atoms with Crippen LogP contribution in [0.3, 0.4) is 0 Å². The number of aryl methyl sites for hydroxylation is 3. The Kier molecular flexibility index (Phi) is 7.01. The number of hydrogen-bond donors (Lipinski definition) is 1. The summed E-state index contributed by atoms with van der Waals surface area (Å²) in [5.41, 5.74) is 4.35. The number of aromatic nitrogens is 1. The van der Waals surface area contributed by atoms with Gasteiger partial charge in [0.1, 0.15) is 11.5 Å². The third-order valence-corrected chi connectivity index (χ3v) is 4.68. The molecule has 4 nitrogen and oxygen atoms in total. The SMILES string of the molecule is CCCc1cccc(Oc2ccc(NC(=O)c3ccc(CCC)nc3C)cc2)c1. The summed E-state index contributed by atoms with van der Waals surface area (Å²) in [4.78, 5) is 17.1. The lowest BCUT2D eigenvalue weighted by Crippen LogP contribution is -2.14. The molecule has 3 rings (SSSR count). The van der Waals surface area contributed by atoms with Crippen LogP contribution < -0.4 is 10.1 Å². The quantitative estimate of drug-likeness (QED) is 0.490. The monoisotopic (exact) mass is 388 g/mol. The number of anilines is 1. The summed E-state index contributed by atoms with van der Waals surface area (Å²) in [7, 11) is 0. The van der Waals surface area contributed by atoms with E-state index in [2.05, 4.69) is 36.3 Å². The Morgan fingerprint density at radius 2 is 1.69 bits per heavy atom. The van der Waals surface area contributed by atoms with E-state index in [1.54, 1.807) is 0 Å². The molecule has 3 aromatic rings. The number of nitrogens with zero attached hydrogens (tertiary/aromatic N) is 1. The molecule has 150 valence electrons. The summed E-state index contributed by atoms with van der Waals surface area (Å²) >= 11 is 0. The van der Waals surface area contributed by atoms with Crippen molar-refractivity contribution in [2.45, 2.75) is 46.5 Å². The number of benzene rings is 2. The lowest BCUT2D eigenvalue weighted by molar-refractivity contribution is 0.102. The Balaban J connectivity index is 1.64. The Morgan fingerprint density at radius 3 is 2.38 bits per heavy atom. The molecule has 0 aliphatic carbocycles. The van der Waals surface area contributed by atoms with Crippen molar-refractivity contribution in [3.63, 3.8) is 0 Å². The van der Waals surface area contributed by atoms with Gasteiger partial charge in [0.15, 0.2) is 0 Å². The highest BCUT2D eigenvalue weighted by molar-refractivity contribution is 6.05. The second kappa shape index (κ2) is 9.87. The fraction of sp³-hybridized carbons (Fsp3) is 0.280. The first-order valence-corrected chi connectivity index (χ1v) is 10.2. The number of nitrogens with one attached hydrogen (secondary N) is 1. The van der Waals surface area contributed by atoms with Gasteiger partial charge < -0.3 is 10.1 Å². The van der Waals surface area contributed by atoms with E-state index in [1.165, 1.54) is 5.56 Å². The normalized spacial score (nSPS) is 10.6. The third kappa shape index (κ3) is 5.67. The number of carbonyl (C=O) groups is 1. The molecule has 0 fully saturated rings. The van der Waals surface area contributed by atoms with Gasteiger partial charge in [-0.05, 0) is 73.9 Å². The van der Waals surface area contributed by atoms with E-state index >= 15 is 0 Å². The molecule has 2 aromatic carbocycles. The number of pyridine rings is 1. The second-order valence-electron chi connectivity index (χ2n) is 7.16. The molecule has 0 bridgehead atoms. The molecule has 29 heavy (non-hydrogen) atoms. The first-order valence-electron chi connectivity index (χ1n) is 10.2. The molecule has 1 N–H and O–H groups in total. The average Bonchev–Trinajstić information content (AvgIpc) is 2.70. The first kappa shape index (κ1) is 20.6. The van der Waals surface area contributed by atoms with Crippen LogP contribution in [0.25, 0.3) is 0 Å². The molecule has 1 amide bonds. The van der Waals surface area contributed by atoms with Crippen LogP contribution in [-0.4, -0.2) is 10.9 Å². The summed E-state index contributed by atoms with van der Waals surface area (Å²) in [6.07, 6.45) is 4.10. The molecular formula is C25H28N2O2. The maximum absolute atomic E-state index is 12.6. The van der Waals surface area contributed by atoms with Crippen LogP contribution in [0, 0.1) is 6.92 Å². The molecule has 0 saturated heterocycles. The molecule has 0 radical (unpaired) electrons. The number of amides is 1. The zero-order chi connectivity index (χ0) is 20.6. The summed E-state index contributed by atoms with van der Waals surface area (Å²) in [6, 6.07) is 19.3. The van der Waals surface area contributed by atoms with Crippen LogP contribution in [0.15, 0.2) is 60.7 Å². The van der Waals surface area contributed by atoms with Crippen LogP contribution >= 0.6 is 0 Å². The molecular weight excluding hydrogens is 360 g/mol. The Bertz CT molecular complexity index is 965. The fourth-order valence-electron chi connectivity index (χ4n) is 3.24. The Hall–Kier alpha value is -3.14. The summed E-state index contributed by atoms with van der Waals surface area (Å²) in [5, 5.41) is 2.93. The molecule has 4 heteroatoms. The number of rotatable bonds is 8. The average molecular weight is 389 g/mol. The van der Waals surface area contributed by atoms with Gasteiger partial charge in [0.2, 0.25) is 0 Å². The largest absolute Gasteiger partial charge is 0.457 e. The van der Waals surface area contributed by atoms with Gasteiger partial charge in [0, 0.05) is 11.4 Å². The predicted molar refractivity (Wildman–Crippen MR) is 118 cm³/mol. The molecule has 1 aromatic heterocycles. The van der Waals surface area contributed by atoms with Crippen molar-refractivity contribution in [1.82, 2.24) is 4.98 Å². The Morgan fingerprint density at radius 1 is 0.931 bits per heavy atom. The lowest BCUT2D eigenvalue weighted by Gasteiger charge is -2.10. The van der Waals surface area contributed by atoms with Crippen LogP contribution in [0.2, 0.25) is 0 Å². The number of carbonyl (C=O) groups excluding carboxylic acids is 1. The maximum Gasteiger partial charge on any atom is 0.257 e. The van der Waals surface area contributed by atoms with Gasteiger partial charge in [-0.15, -0.1) is 0 Å². The highest BCUT2D eigenvalue weighted by Gasteiger charge is 2.11. The van der Waals surface area contributed by atoms with Crippen LogP contribution in [0.1, 0.15) is 54.0 Å². The van der Waals surface area contributed by atoms with E-state index in [0.717, 1.165) is 54.3 Å². The van der Waals surface area contributed by atoms with Crippen molar-refractivity contribution < 1.29 is 9.53 Å². The minimum atomic E-state index is -0.154.